The molecule has 21 heavy (non-hydrogen) atoms. The summed E-state index contributed by atoms with van der Waals surface area (Å²) in [6, 6.07) is 6.72. The summed E-state index contributed by atoms with van der Waals surface area (Å²) in [7, 11) is 1.62. The van der Waals surface area contributed by atoms with Crippen LogP contribution in [0, 0.1) is 0 Å². The average molecular weight is 289 g/mol. The summed E-state index contributed by atoms with van der Waals surface area (Å²) in [5.41, 5.74) is 1.00. The summed E-state index contributed by atoms with van der Waals surface area (Å²) < 4.78 is 5.12. The van der Waals surface area contributed by atoms with Gasteiger partial charge in [0.1, 0.15) is 17.8 Å². The third-order valence-corrected chi connectivity index (χ3v) is 4.04. The first kappa shape index (κ1) is 13.9. The van der Waals surface area contributed by atoms with Gasteiger partial charge in [-0.1, -0.05) is 12.1 Å². The summed E-state index contributed by atoms with van der Waals surface area (Å²) in [5.74, 6) is 0.720. The van der Waals surface area contributed by atoms with Crippen LogP contribution < -0.4 is 15.4 Å². The van der Waals surface area contributed by atoms with Crippen LogP contribution in [0.3, 0.4) is 0 Å². The fourth-order valence-electron chi connectivity index (χ4n) is 2.87. The largest absolute Gasteiger partial charge is 0.497 e. The Bertz CT molecular complexity index is 544. The zero-order valence-electron chi connectivity index (χ0n) is 12.0. The topological polar surface area (TPSA) is 70.7 Å². The van der Waals surface area contributed by atoms with Gasteiger partial charge in [-0.25, -0.2) is 0 Å². The molecule has 1 aromatic carbocycles. The molecule has 0 aliphatic carbocycles. The van der Waals surface area contributed by atoms with Gasteiger partial charge < -0.3 is 20.3 Å². The van der Waals surface area contributed by atoms with E-state index >= 15 is 0 Å². The SMILES string of the molecule is COc1ccc(C[C@@H]2NC(=O)[C@H]3CNCCN3C2=O)cc1. The molecule has 2 aliphatic heterocycles. The van der Waals surface area contributed by atoms with Crippen molar-refractivity contribution in [3.05, 3.63) is 29.8 Å². The van der Waals surface area contributed by atoms with E-state index in [1.807, 2.05) is 24.3 Å². The Balaban J connectivity index is 1.72. The molecule has 2 saturated heterocycles. The standard InChI is InChI=1S/C15H19N3O3/c1-21-11-4-2-10(3-5-11)8-12-15(20)18-7-6-16-9-13(18)14(19)17-12/h2-5,12-13,16H,6-9H2,1H3,(H,17,19)/t12-,13+/m0/s1. The second-order valence-electron chi connectivity index (χ2n) is 5.36. The normalized spacial score (nSPS) is 25.3. The first-order valence-corrected chi connectivity index (χ1v) is 7.13. The molecule has 2 aliphatic rings. The molecule has 112 valence electrons. The number of nitrogens with zero attached hydrogens (tertiary/aromatic N) is 1. The van der Waals surface area contributed by atoms with E-state index in [0.717, 1.165) is 17.9 Å². The number of amides is 2. The lowest BCUT2D eigenvalue weighted by Crippen LogP contribution is -2.69. The number of carbonyl (C=O) groups is 2. The highest BCUT2D eigenvalue weighted by Gasteiger charge is 2.41. The summed E-state index contributed by atoms with van der Waals surface area (Å²) in [6.07, 6.45) is 0.505. The molecule has 2 N–H and O–H groups in total. The van der Waals surface area contributed by atoms with Crippen LogP contribution >= 0.6 is 0 Å². The van der Waals surface area contributed by atoms with Crippen molar-refractivity contribution in [1.29, 1.82) is 0 Å². The van der Waals surface area contributed by atoms with E-state index in [-0.39, 0.29) is 17.9 Å². The molecule has 1 aromatic rings. The van der Waals surface area contributed by atoms with Crippen molar-refractivity contribution in [2.75, 3.05) is 26.7 Å². The number of hydrogen-bond donors (Lipinski definition) is 2. The Morgan fingerprint density at radius 3 is 2.76 bits per heavy atom. The number of piperazine rings is 2. The Kier molecular flexibility index (Phi) is 3.79. The van der Waals surface area contributed by atoms with Gasteiger partial charge in [-0.15, -0.1) is 0 Å². The molecule has 0 unspecified atom stereocenters. The molecule has 2 amide bonds. The number of methoxy groups -OCH3 is 1. The highest BCUT2D eigenvalue weighted by atomic mass is 16.5. The van der Waals surface area contributed by atoms with Gasteiger partial charge in [-0.05, 0) is 17.7 Å². The van der Waals surface area contributed by atoms with Crippen molar-refractivity contribution < 1.29 is 14.3 Å². The zero-order valence-corrected chi connectivity index (χ0v) is 12.0. The molecule has 6 heteroatoms. The number of benzene rings is 1. The number of rotatable bonds is 3. The Hall–Kier alpha value is -2.08. The van der Waals surface area contributed by atoms with Crippen molar-refractivity contribution in [2.24, 2.45) is 0 Å². The molecule has 0 radical (unpaired) electrons. The summed E-state index contributed by atoms with van der Waals surface area (Å²) in [5, 5.41) is 5.98. The molecule has 2 fully saturated rings. The fraction of sp³-hybridized carbons (Fsp3) is 0.467. The predicted molar refractivity (Wildman–Crippen MR) is 77.0 cm³/mol. The van der Waals surface area contributed by atoms with Crippen LogP contribution in [0.2, 0.25) is 0 Å². The van der Waals surface area contributed by atoms with Crippen molar-refractivity contribution in [3.8, 4) is 5.75 Å². The number of carbonyl (C=O) groups excluding carboxylic acids is 2. The van der Waals surface area contributed by atoms with Crippen LogP contribution in [0.4, 0.5) is 0 Å². The van der Waals surface area contributed by atoms with Gasteiger partial charge in [0.15, 0.2) is 0 Å². The predicted octanol–water partition coefficient (Wildman–Crippen LogP) is -0.463. The van der Waals surface area contributed by atoms with Crippen molar-refractivity contribution in [2.45, 2.75) is 18.5 Å². The molecular weight excluding hydrogens is 270 g/mol. The molecule has 6 nitrogen and oxygen atoms in total. The van der Waals surface area contributed by atoms with Gasteiger partial charge >= 0.3 is 0 Å². The average Bonchev–Trinajstić information content (AvgIpc) is 2.53. The van der Waals surface area contributed by atoms with Gasteiger partial charge in [0, 0.05) is 26.1 Å². The van der Waals surface area contributed by atoms with E-state index in [9.17, 15) is 9.59 Å². The molecule has 0 bridgehead atoms. The second kappa shape index (κ2) is 5.73. The van der Waals surface area contributed by atoms with Crippen LogP contribution in [0.25, 0.3) is 0 Å². The van der Waals surface area contributed by atoms with E-state index in [1.165, 1.54) is 0 Å². The van der Waals surface area contributed by atoms with Gasteiger partial charge in [0.2, 0.25) is 11.8 Å². The van der Waals surface area contributed by atoms with Gasteiger partial charge in [-0.3, -0.25) is 9.59 Å². The minimum absolute atomic E-state index is 0.0110. The summed E-state index contributed by atoms with van der Waals surface area (Å²) in [6.45, 7) is 1.87. The highest BCUT2D eigenvalue weighted by Crippen LogP contribution is 2.17. The molecule has 0 aromatic heterocycles. The minimum atomic E-state index is -0.472. The third kappa shape index (κ3) is 2.71. The second-order valence-corrected chi connectivity index (χ2v) is 5.36. The van der Waals surface area contributed by atoms with Crippen LogP contribution in [0.15, 0.2) is 24.3 Å². The van der Waals surface area contributed by atoms with E-state index in [1.54, 1.807) is 12.0 Å². The van der Waals surface area contributed by atoms with Crippen LogP contribution in [-0.2, 0) is 16.0 Å². The summed E-state index contributed by atoms with van der Waals surface area (Å²) in [4.78, 5) is 26.3. The maximum absolute atomic E-state index is 12.5. The summed E-state index contributed by atoms with van der Waals surface area (Å²) >= 11 is 0. The molecule has 0 spiro atoms. The maximum atomic E-state index is 12.5. The van der Waals surface area contributed by atoms with Gasteiger partial charge in [0.25, 0.3) is 0 Å². The number of ether oxygens (including phenoxy) is 1. The highest BCUT2D eigenvalue weighted by molar-refractivity contribution is 5.97. The number of nitrogens with one attached hydrogen (secondary N) is 2. The minimum Gasteiger partial charge on any atom is -0.497 e. The molecule has 2 heterocycles. The first-order valence-electron chi connectivity index (χ1n) is 7.13. The molecular formula is C15H19N3O3. The van der Waals surface area contributed by atoms with Gasteiger partial charge in [0.05, 0.1) is 7.11 Å². The fourth-order valence-corrected chi connectivity index (χ4v) is 2.87. The lowest BCUT2D eigenvalue weighted by atomic mass is 9.99. The molecule has 2 atom stereocenters. The smallest absolute Gasteiger partial charge is 0.246 e. The maximum Gasteiger partial charge on any atom is 0.246 e. The van der Waals surface area contributed by atoms with E-state index in [4.69, 9.17) is 4.74 Å². The lowest BCUT2D eigenvalue weighted by Gasteiger charge is -2.41. The zero-order chi connectivity index (χ0) is 14.8. The van der Waals surface area contributed by atoms with E-state index in [2.05, 4.69) is 10.6 Å². The monoisotopic (exact) mass is 289 g/mol. The Labute approximate surface area is 123 Å². The van der Waals surface area contributed by atoms with E-state index < -0.39 is 6.04 Å². The Morgan fingerprint density at radius 1 is 1.29 bits per heavy atom. The Morgan fingerprint density at radius 2 is 2.05 bits per heavy atom. The van der Waals surface area contributed by atoms with Crippen molar-refractivity contribution >= 4 is 11.8 Å². The third-order valence-electron chi connectivity index (χ3n) is 4.04. The molecule has 3 rings (SSSR count). The van der Waals surface area contributed by atoms with Crippen molar-refractivity contribution in [1.82, 2.24) is 15.5 Å². The van der Waals surface area contributed by atoms with Crippen LogP contribution in [0.1, 0.15) is 5.56 Å². The first-order chi connectivity index (χ1) is 10.2. The van der Waals surface area contributed by atoms with Crippen LogP contribution in [-0.4, -0.2) is 55.5 Å². The van der Waals surface area contributed by atoms with E-state index in [0.29, 0.717) is 19.5 Å². The lowest BCUT2D eigenvalue weighted by molar-refractivity contribution is -0.150. The number of fused-ring (bicyclic) bond motifs is 1. The molecule has 0 saturated carbocycles. The number of hydrogen-bond acceptors (Lipinski definition) is 4. The van der Waals surface area contributed by atoms with Gasteiger partial charge in [-0.2, -0.15) is 0 Å². The quantitative estimate of drug-likeness (QED) is 0.790. The van der Waals surface area contributed by atoms with Crippen LogP contribution in [0.5, 0.6) is 5.75 Å². The van der Waals surface area contributed by atoms with Crippen molar-refractivity contribution in [3.63, 3.8) is 0 Å².